The third kappa shape index (κ3) is 5.90. The summed E-state index contributed by atoms with van der Waals surface area (Å²) in [7, 11) is 1.80. The first-order valence-electron chi connectivity index (χ1n) is 13.1. The molecular weight excluding hydrogens is 412 g/mol. The van der Waals surface area contributed by atoms with Crippen molar-refractivity contribution in [1.82, 2.24) is 20.0 Å². The predicted octanol–water partition coefficient (Wildman–Crippen LogP) is 3.85. The third-order valence-corrected chi connectivity index (χ3v) is 8.28. The Bertz CT molecular complexity index is 752. The SMILES string of the molecule is CO[C@H]1CCC[C@H](N2CCN(C(C)C)CC2)[C@H]1NC(=O)N1CCC(c2ccc(C)cc2)CC1. The zero-order valence-electron chi connectivity index (χ0n) is 21.1. The van der Waals surface area contributed by atoms with Gasteiger partial charge in [-0.1, -0.05) is 29.8 Å². The molecule has 0 radical (unpaired) electrons. The smallest absolute Gasteiger partial charge is 0.317 e. The van der Waals surface area contributed by atoms with Crippen molar-refractivity contribution in [3.8, 4) is 0 Å². The second-order valence-corrected chi connectivity index (χ2v) is 10.6. The Hall–Kier alpha value is -1.63. The van der Waals surface area contributed by atoms with E-state index in [9.17, 15) is 4.79 Å². The van der Waals surface area contributed by atoms with Gasteiger partial charge in [-0.05, 0) is 64.4 Å². The van der Waals surface area contributed by atoms with Crippen LogP contribution < -0.4 is 5.32 Å². The fraction of sp³-hybridized carbons (Fsp3) is 0.741. The molecule has 1 aromatic carbocycles. The number of hydrogen-bond donors (Lipinski definition) is 1. The zero-order chi connectivity index (χ0) is 23.4. The molecule has 2 amide bonds. The molecule has 3 fully saturated rings. The van der Waals surface area contributed by atoms with Crippen molar-refractivity contribution < 1.29 is 9.53 Å². The molecule has 0 aromatic heterocycles. The number of ether oxygens (including phenoxy) is 1. The Morgan fingerprint density at radius 3 is 2.24 bits per heavy atom. The highest BCUT2D eigenvalue weighted by Crippen LogP contribution is 2.30. The van der Waals surface area contributed by atoms with Gasteiger partial charge in [0.05, 0.1) is 12.1 Å². The van der Waals surface area contributed by atoms with Crippen molar-refractivity contribution in [1.29, 1.82) is 0 Å². The highest BCUT2D eigenvalue weighted by atomic mass is 16.5. The van der Waals surface area contributed by atoms with Gasteiger partial charge in [-0.25, -0.2) is 4.79 Å². The lowest BCUT2D eigenvalue weighted by molar-refractivity contribution is -0.0180. The lowest BCUT2D eigenvalue weighted by Crippen LogP contribution is -2.64. The number of urea groups is 1. The van der Waals surface area contributed by atoms with Crippen molar-refractivity contribution in [3.05, 3.63) is 35.4 Å². The largest absolute Gasteiger partial charge is 0.379 e. The van der Waals surface area contributed by atoms with Gasteiger partial charge in [0.2, 0.25) is 0 Å². The van der Waals surface area contributed by atoms with E-state index in [2.05, 4.69) is 60.2 Å². The Morgan fingerprint density at radius 1 is 0.970 bits per heavy atom. The van der Waals surface area contributed by atoms with E-state index in [-0.39, 0.29) is 18.2 Å². The number of nitrogens with one attached hydrogen (secondary N) is 1. The molecule has 184 valence electrons. The number of rotatable bonds is 5. The van der Waals surface area contributed by atoms with Crippen LogP contribution in [0, 0.1) is 6.92 Å². The van der Waals surface area contributed by atoms with Crippen LogP contribution in [0.2, 0.25) is 0 Å². The molecule has 2 aliphatic heterocycles. The summed E-state index contributed by atoms with van der Waals surface area (Å²) in [4.78, 5) is 20.5. The van der Waals surface area contributed by atoms with Crippen molar-refractivity contribution in [2.24, 2.45) is 0 Å². The summed E-state index contributed by atoms with van der Waals surface area (Å²) in [6.07, 6.45) is 5.51. The minimum Gasteiger partial charge on any atom is -0.379 e. The summed E-state index contributed by atoms with van der Waals surface area (Å²) in [6.45, 7) is 12.7. The molecule has 3 atom stereocenters. The number of aryl methyl sites for hydroxylation is 1. The number of nitrogens with zero attached hydrogens (tertiary/aromatic N) is 3. The lowest BCUT2D eigenvalue weighted by Gasteiger charge is -2.47. The fourth-order valence-electron chi connectivity index (χ4n) is 6.07. The quantitative estimate of drug-likeness (QED) is 0.731. The second-order valence-electron chi connectivity index (χ2n) is 10.6. The number of piperidine rings is 1. The monoisotopic (exact) mass is 456 g/mol. The number of carbonyl (C=O) groups is 1. The molecule has 1 saturated carbocycles. The van der Waals surface area contributed by atoms with E-state index in [1.807, 2.05) is 4.90 Å². The van der Waals surface area contributed by atoms with Crippen LogP contribution in [0.3, 0.4) is 0 Å². The summed E-state index contributed by atoms with van der Waals surface area (Å²) in [5, 5.41) is 3.44. The summed E-state index contributed by atoms with van der Waals surface area (Å²) in [6, 6.07) is 10.0. The van der Waals surface area contributed by atoms with Crippen LogP contribution in [-0.4, -0.2) is 91.3 Å². The molecule has 6 nitrogen and oxygen atoms in total. The first-order chi connectivity index (χ1) is 16.0. The van der Waals surface area contributed by atoms with E-state index >= 15 is 0 Å². The van der Waals surface area contributed by atoms with Gasteiger partial charge in [-0.15, -0.1) is 0 Å². The number of hydrogen-bond acceptors (Lipinski definition) is 4. The second kappa shape index (κ2) is 11.2. The maximum absolute atomic E-state index is 13.3. The van der Waals surface area contributed by atoms with E-state index in [1.165, 1.54) is 17.5 Å². The number of methoxy groups -OCH3 is 1. The number of amides is 2. The highest BCUT2D eigenvalue weighted by Gasteiger charge is 2.40. The number of carbonyl (C=O) groups excluding carboxylic acids is 1. The number of likely N-dealkylation sites (tertiary alicyclic amines) is 1. The molecule has 1 N–H and O–H groups in total. The van der Waals surface area contributed by atoms with Crippen LogP contribution >= 0.6 is 0 Å². The van der Waals surface area contributed by atoms with Gasteiger partial charge in [0.25, 0.3) is 0 Å². The average Bonchev–Trinajstić information content (AvgIpc) is 2.85. The Morgan fingerprint density at radius 2 is 1.64 bits per heavy atom. The zero-order valence-corrected chi connectivity index (χ0v) is 21.1. The van der Waals surface area contributed by atoms with Gasteiger partial charge in [0, 0.05) is 58.5 Å². The van der Waals surface area contributed by atoms with Crippen LogP contribution in [0.1, 0.15) is 63.0 Å². The average molecular weight is 457 g/mol. The first-order valence-corrected chi connectivity index (χ1v) is 13.1. The molecule has 3 aliphatic rings. The molecule has 2 heterocycles. The van der Waals surface area contributed by atoms with Crippen molar-refractivity contribution in [2.45, 2.75) is 83.0 Å². The summed E-state index contributed by atoms with van der Waals surface area (Å²) >= 11 is 0. The molecule has 0 spiro atoms. The molecule has 0 bridgehead atoms. The van der Waals surface area contributed by atoms with Gasteiger partial charge in [0.15, 0.2) is 0 Å². The van der Waals surface area contributed by atoms with E-state index in [0.717, 1.165) is 65.0 Å². The van der Waals surface area contributed by atoms with Gasteiger partial charge >= 0.3 is 6.03 Å². The van der Waals surface area contributed by atoms with Crippen LogP contribution in [0.4, 0.5) is 4.79 Å². The Balaban J connectivity index is 1.35. The van der Waals surface area contributed by atoms with E-state index in [4.69, 9.17) is 4.74 Å². The van der Waals surface area contributed by atoms with Gasteiger partial charge in [0.1, 0.15) is 0 Å². The minimum absolute atomic E-state index is 0.0664. The first kappa shape index (κ1) is 24.5. The standard InChI is InChI=1S/C27H44N4O2/c1-20(2)29-16-18-30(19-17-29)24-6-5-7-25(33-4)26(24)28-27(32)31-14-12-23(13-15-31)22-10-8-21(3)9-11-22/h8-11,20,23-26H,5-7,12-19H2,1-4H3,(H,28,32)/t24-,25-,26+/m0/s1. The predicted molar refractivity (Wildman–Crippen MR) is 134 cm³/mol. The van der Waals surface area contributed by atoms with Crippen LogP contribution in [0.15, 0.2) is 24.3 Å². The maximum atomic E-state index is 13.3. The summed E-state index contributed by atoms with van der Waals surface area (Å²) in [5.41, 5.74) is 2.71. The molecule has 33 heavy (non-hydrogen) atoms. The van der Waals surface area contributed by atoms with E-state index < -0.39 is 0 Å². The molecule has 0 unspecified atom stereocenters. The summed E-state index contributed by atoms with van der Waals surface area (Å²) in [5.74, 6) is 0.557. The third-order valence-electron chi connectivity index (χ3n) is 8.28. The van der Waals surface area contributed by atoms with Crippen molar-refractivity contribution >= 4 is 6.03 Å². The highest BCUT2D eigenvalue weighted by molar-refractivity contribution is 5.75. The fourth-order valence-corrected chi connectivity index (χ4v) is 6.07. The van der Waals surface area contributed by atoms with Gasteiger partial charge < -0.3 is 15.0 Å². The molecule has 6 heteroatoms. The van der Waals surface area contributed by atoms with E-state index in [0.29, 0.717) is 18.0 Å². The summed E-state index contributed by atoms with van der Waals surface area (Å²) < 4.78 is 5.89. The lowest BCUT2D eigenvalue weighted by atomic mass is 9.86. The maximum Gasteiger partial charge on any atom is 0.317 e. The normalized spacial score (nSPS) is 28.3. The van der Waals surface area contributed by atoms with Crippen LogP contribution in [-0.2, 0) is 4.74 Å². The molecular formula is C27H44N4O2. The molecule has 4 rings (SSSR count). The Kier molecular flexibility index (Phi) is 8.31. The Labute approximate surface area is 200 Å². The molecule has 2 saturated heterocycles. The van der Waals surface area contributed by atoms with E-state index in [1.54, 1.807) is 7.11 Å². The number of piperazine rings is 1. The minimum atomic E-state index is 0.0664. The van der Waals surface area contributed by atoms with Crippen LogP contribution in [0.5, 0.6) is 0 Å². The van der Waals surface area contributed by atoms with Crippen molar-refractivity contribution in [2.75, 3.05) is 46.4 Å². The topological polar surface area (TPSA) is 48.1 Å². The molecule has 1 aliphatic carbocycles. The van der Waals surface area contributed by atoms with Crippen LogP contribution in [0.25, 0.3) is 0 Å². The van der Waals surface area contributed by atoms with Gasteiger partial charge in [-0.3, -0.25) is 9.80 Å². The van der Waals surface area contributed by atoms with Gasteiger partial charge in [-0.2, -0.15) is 0 Å². The number of benzene rings is 1. The van der Waals surface area contributed by atoms with Crippen molar-refractivity contribution in [3.63, 3.8) is 0 Å². The molecule has 1 aromatic rings.